The summed E-state index contributed by atoms with van der Waals surface area (Å²) in [5.74, 6) is 0.453. The number of halogens is 1. The van der Waals surface area contributed by atoms with E-state index in [1.54, 1.807) is 12.1 Å². The Morgan fingerprint density at radius 1 is 1.11 bits per heavy atom. The number of ether oxygens (including phenoxy) is 1. The monoisotopic (exact) mass is 245 g/mol. The van der Waals surface area contributed by atoms with Crippen molar-refractivity contribution in [2.75, 3.05) is 5.73 Å². The lowest BCUT2D eigenvalue weighted by Crippen LogP contribution is -2.01. The number of anilines is 1. The van der Waals surface area contributed by atoms with Gasteiger partial charge in [-0.2, -0.15) is 0 Å². The molecule has 3 heteroatoms. The Morgan fingerprint density at radius 2 is 1.78 bits per heavy atom. The van der Waals surface area contributed by atoms with E-state index in [-0.39, 0.29) is 5.82 Å². The van der Waals surface area contributed by atoms with Crippen LogP contribution in [0.4, 0.5) is 10.1 Å². The van der Waals surface area contributed by atoms with Crippen molar-refractivity contribution >= 4 is 5.69 Å². The average Bonchev–Trinajstić information content (AvgIpc) is 2.30. The van der Waals surface area contributed by atoms with Gasteiger partial charge in [-0.25, -0.2) is 4.39 Å². The fraction of sp³-hybridized carbons (Fsp3) is 0.200. The minimum absolute atomic E-state index is 0.246. The van der Waals surface area contributed by atoms with Gasteiger partial charge >= 0.3 is 0 Å². The first-order valence-electron chi connectivity index (χ1n) is 5.80. The van der Waals surface area contributed by atoms with Crippen LogP contribution in [0.15, 0.2) is 36.4 Å². The molecule has 0 aliphatic rings. The summed E-state index contributed by atoms with van der Waals surface area (Å²) in [4.78, 5) is 0. The molecule has 0 radical (unpaired) electrons. The summed E-state index contributed by atoms with van der Waals surface area (Å²) in [5, 5.41) is 0. The minimum atomic E-state index is -0.246. The van der Waals surface area contributed by atoms with Crippen molar-refractivity contribution in [3.05, 3.63) is 58.9 Å². The van der Waals surface area contributed by atoms with Crippen LogP contribution in [-0.2, 0) is 6.61 Å². The molecule has 18 heavy (non-hydrogen) atoms. The normalized spacial score (nSPS) is 10.4. The van der Waals surface area contributed by atoms with E-state index in [2.05, 4.69) is 0 Å². The van der Waals surface area contributed by atoms with Crippen molar-refractivity contribution in [3.8, 4) is 5.75 Å². The fourth-order valence-corrected chi connectivity index (χ4v) is 1.92. The Kier molecular flexibility index (Phi) is 3.51. The predicted molar refractivity (Wildman–Crippen MR) is 71.1 cm³/mol. The Hall–Kier alpha value is -2.03. The summed E-state index contributed by atoms with van der Waals surface area (Å²) in [5.41, 5.74) is 9.59. The molecule has 0 saturated carbocycles. The van der Waals surface area contributed by atoms with Crippen molar-refractivity contribution in [3.63, 3.8) is 0 Å². The molecule has 0 heterocycles. The molecule has 2 aromatic rings. The molecule has 2 rings (SSSR count). The summed E-state index contributed by atoms with van der Waals surface area (Å²) in [6.45, 7) is 4.34. The fourth-order valence-electron chi connectivity index (χ4n) is 1.92. The van der Waals surface area contributed by atoms with Gasteiger partial charge in [0.05, 0.1) is 5.69 Å². The second kappa shape index (κ2) is 5.08. The van der Waals surface area contributed by atoms with Crippen molar-refractivity contribution in [2.45, 2.75) is 20.5 Å². The van der Waals surface area contributed by atoms with Crippen molar-refractivity contribution in [2.24, 2.45) is 0 Å². The zero-order valence-electron chi connectivity index (χ0n) is 10.5. The molecule has 0 aliphatic heterocycles. The smallest absolute Gasteiger partial charge is 0.145 e. The largest absolute Gasteiger partial charge is 0.486 e. The summed E-state index contributed by atoms with van der Waals surface area (Å²) in [7, 11) is 0. The zero-order chi connectivity index (χ0) is 13.1. The summed E-state index contributed by atoms with van der Waals surface area (Å²) < 4.78 is 18.5. The molecule has 2 N–H and O–H groups in total. The molecule has 94 valence electrons. The van der Waals surface area contributed by atoms with Crippen LogP contribution < -0.4 is 10.5 Å². The maximum absolute atomic E-state index is 12.8. The van der Waals surface area contributed by atoms with Gasteiger partial charge in [-0.3, -0.25) is 0 Å². The van der Waals surface area contributed by atoms with Crippen LogP contribution in [0.25, 0.3) is 0 Å². The molecule has 2 nitrogen and oxygen atoms in total. The van der Waals surface area contributed by atoms with Crippen LogP contribution in [0, 0.1) is 19.7 Å². The number of benzene rings is 2. The quantitative estimate of drug-likeness (QED) is 0.838. The topological polar surface area (TPSA) is 35.2 Å². The molecule has 0 amide bonds. The van der Waals surface area contributed by atoms with Gasteiger partial charge < -0.3 is 10.5 Å². The van der Waals surface area contributed by atoms with Gasteiger partial charge in [-0.1, -0.05) is 18.2 Å². The third kappa shape index (κ3) is 2.80. The zero-order valence-corrected chi connectivity index (χ0v) is 10.5. The minimum Gasteiger partial charge on any atom is -0.486 e. The molecule has 0 fully saturated rings. The van der Waals surface area contributed by atoms with Gasteiger partial charge in [0.15, 0.2) is 0 Å². The summed E-state index contributed by atoms with van der Waals surface area (Å²) in [6, 6.07) is 10.2. The first-order chi connectivity index (χ1) is 8.56. The number of nitrogen functional groups attached to an aromatic ring is 1. The maximum Gasteiger partial charge on any atom is 0.145 e. The van der Waals surface area contributed by atoms with E-state index in [4.69, 9.17) is 10.5 Å². The first-order valence-corrected chi connectivity index (χ1v) is 5.80. The Labute approximate surface area is 106 Å². The van der Waals surface area contributed by atoms with Gasteiger partial charge in [0.2, 0.25) is 0 Å². The van der Waals surface area contributed by atoms with Crippen LogP contribution in [0.1, 0.15) is 16.7 Å². The van der Waals surface area contributed by atoms with Crippen LogP contribution >= 0.6 is 0 Å². The predicted octanol–water partition coefficient (Wildman–Crippen LogP) is 3.60. The maximum atomic E-state index is 12.8. The molecule has 0 spiro atoms. The van der Waals surface area contributed by atoms with E-state index < -0.39 is 0 Å². The van der Waals surface area contributed by atoms with E-state index >= 15 is 0 Å². The molecule has 0 aromatic heterocycles. The second-order valence-electron chi connectivity index (χ2n) is 4.42. The number of hydrogen-bond donors (Lipinski definition) is 1. The highest BCUT2D eigenvalue weighted by molar-refractivity contribution is 5.58. The van der Waals surface area contributed by atoms with Gasteiger partial charge in [0, 0.05) is 0 Å². The average molecular weight is 245 g/mol. The molecule has 0 atom stereocenters. The van der Waals surface area contributed by atoms with Crippen LogP contribution in [0.5, 0.6) is 5.75 Å². The van der Waals surface area contributed by atoms with E-state index in [1.807, 2.05) is 26.0 Å². The van der Waals surface area contributed by atoms with Gasteiger partial charge in [-0.05, 0) is 48.7 Å². The highest BCUT2D eigenvalue weighted by atomic mass is 19.1. The summed E-state index contributed by atoms with van der Waals surface area (Å²) in [6.07, 6.45) is 0. The standard InChI is InChI=1S/C15H16FNO/c1-10-7-11(2)15(14(17)8-10)18-9-12-3-5-13(16)6-4-12/h3-8H,9,17H2,1-2H3. The number of hydrogen-bond acceptors (Lipinski definition) is 2. The van der Waals surface area contributed by atoms with Crippen molar-refractivity contribution in [1.29, 1.82) is 0 Å². The van der Waals surface area contributed by atoms with Crippen LogP contribution in [0.2, 0.25) is 0 Å². The van der Waals surface area contributed by atoms with Crippen LogP contribution in [-0.4, -0.2) is 0 Å². The van der Waals surface area contributed by atoms with Crippen molar-refractivity contribution < 1.29 is 9.13 Å². The molecule has 0 aliphatic carbocycles. The Morgan fingerprint density at radius 3 is 2.39 bits per heavy atom. The lowest BCUT2D eigenvalue weighted by atomic mass is 10.1. The van der Waals surface area contributed by atoms with E-state index in [0.717, 1.165) is 16.7 Å². The molecule has 0 bridgehead atoms. The van der Waals surface area contributed by atoms with Gasteiger partial charge in [0.25, 0.3) is 0 Å². The Balaban J connectivity index is 2.13. The number of rotatable bonds is 3. The third-order valence-corrected chi connectivity index (χ3v) is 2.74. The first kappa shape index (κ1) is 12.4. The van der Waals surface area contributed by atoms with E-state index in [9.17, 15) is 4.39 Å². The lowest BCUT2D eigenvalue weighted by Gasteiger charge is -2.12. The molecular formula is C15H16FNO. The number of aryl methyl sites for hydroxylation is 2. The van der Waals surface area contributed by atoms with E-state index in [0.29, 0.717) is 18.0 Å². The van der Waals surface area contributed by atoms with E-state index in [1.165, 1.54) is 12.1 Å². The molecule has 2 aromatic carbocycles. The highest BCUT2D eigenvalue weighted by Gasteiger charge is 2.06. The molecular weight excluding hydrogens is 229 g/mol. The number of nitrogens with two attached hydrogens (primary N) is 1. The SMILES string of the molecule is Cc1cc(C)c(OCc2ccc(F)cc2)c(N)c1. The van der Waals surface area contributed by atoms with Crippen molar-refractivity contribution in [1.82, 2.24) is 0 Å². The van der Waals surface area contributed by atoms with Gasteiger partial charge in [0.1, 0.15) is 18.2 Å². The third-order valence-electron chi connectivity index (χ3n) is 2.74. The van der Waals surface area contributed by atoms with Crippen LogP contribution in [0.3, 0.4) is 0 Å². The van der Waals surface area contributed by atoms with Gasteiger partial charge in [-0.15, -0.1) is 0 Å². The highest BCUT2D eigenvalue weighted by Crippen LogP contribution is 2.28. The lowest BCUT2D eigenvalue weighted by molar-refractivity contribution is 0.305. The summed E-state index contributed by atoms with van der Waals surface area (Å²) >= 11 is 0. The molecule has 0 unspecified atom stereocenters. The molecule has 0 saturated heterocycles. The Bertz CT molecular complexity index is 526. The second-order valence-corrected chi connectivity index (χ2v) is 4.42.